The molecule has 0 aromatic heterocycles. The van der Waals surface area contributed by atoms with Crippen LogP contribution in [0.25, 0.3) is 0 Å². The van der Waals surface area contributed by atoms with Crippen molar-refractivity contribution in [1.29, 1.82) is 0 Å². The van der Waals surface area contributed by atoms with E-state index in [0.29, 0.717) is 5.92 Å². The smallest absolute Gasteiger partial charge is 0.224 e. The summed E-state index contributed by atoms with van der Waals surface area (Å²) in [5, 5.41) is 6.23. The minimum Gasteiger partial charge on any atom is -0.381 e. The third-order valence-electron chi connectivity index (χ3n) is 2.88. The molecule has 1 saturated heterocycles. The van der Waals surface area contributed by atoms with E-state index >= 15 is 0 Å². The molecule has 0 bridgehead atoms. The fraction of sp³-hybridized carbons (Fsp3) is 0.923. The normalized spacial score (nSPS) is 19.4. The zero-order valence-electron chi connectivity index (χ0n) is 11.5. The summed E-state index contributed by atoms with van der Waals surface area (Å²) in [4.78, 5) is 11.7. The fourth-order valence-electron chi connectivity index (χ4n) is 1.92. The molecule has 0 radical (unpaired) electrons. The number of halogens is 1. The molecule has 0 aromatic carbocycles. The Labute approximate surface area is 117 Å². The van der Waals surface area contributed by atoms with Crippen LogP contribution in [0.4, 0.5) is 0 Å². The summed E-state index contributed by atoms with van der Waals surface area (Å²) in [6.45, 7) is 8.42. The van der Waals surface area contributed by atoms with Crippen LogP contribution in [-0.4, -0.2) is 38.8 Å². The summed E-state index contributed by atoms with van der Waals surface area (Å²) in [7, 11) is 0. The summed E-state index contributed by atoms with van der Waals surface area (Å²) in [6, 6.07) is 0. The average Bonchev–Trinajstić information content (AvgIpc) is 2.34. The predicted molar refractivity (Wildman–Crippen MR) is 76.1 cm³/mol. The lowest BCUT2D eigenvalue weighted by Crippen LogP contribution is -2.40. The number of rotatable bonds is 7. The molecule has 1 rings (SSSR count). The second kappa shape index (κ2) is 10.6. The minimum absolute atomic E-state index is 0. The van der Waals surface area contributed by atoms with Gasteiger partial charge in [-0.1, -0.05) is 13.8 Å². The molecule has 2 N–H and O–H groups in total. The van der Waals surface area contributed by atoms with Crippen molar-refractivity contribution >= 4 is 18.3 Å². The van der Waals surface area contributed by atoms with E-state index in [1.54, 1.807) is 0 Å². The molecular formula is C13H27ClN2O2. The second-order valence-electron chi connectivity index (χ2n) is 5.16. The van der Waals surface area contributed by atoms with Crippen LogP contribution in [-0.2, 0) is 9.53 Å². The lowest BCUT2D eigenvalue weighted by Gasteiger charge is -2.21. The largest absolute Gasteiger partial charge is 0.381 e. The van der Waals surface area contributed by atoms with Gasteiger partial charge in [0.1, 0.15) is 0 Å². The van der Waals surface area contributed by atoms with Gasteiger partial charge < -0.3 is 15.4 Å². The number of carbonyl (C=O) groups is 1. The number of ether oxygens (including phenoxy) is 1. The van der Waals surface area contributed by atoms with Crippen LogP contribution in [0.5, 0.6) is 0 Å². The van der Waals surface area contributed by atoms with Gasteiger partial charge in [0, 0.05) is 26.3 Å². The summed E-state index contributed by atoms with van der Waals surface area (Å²) >= 11 is 0. The average molecular weight is 279 g/mol. The predicted octanol–water partition coefficient (Wildman–Crippen LogP) is 1.59. The van der Waals surface area contributed by atoms with Crippen LogP contribution in [0, 0.1) is 11.8 Å². The molecule has 0 spiro atoms. The van der Waals surface area contributed by atoms with Crippen molar-refractivity contribution < 1.29 is 9.53 Å². The highest BCUT2D eigenvalue weighted by molar-refractivity contribution is 5.85. The number of hydrogen-bond donors (Lipinski definition) is 2. The number of piperidine rings is 1. The van der Waals surface area contributed by atoms with Gasteiger partial charge in [-0.05, 0) is 31.7 Å². The zero-order valence-corrected chi connectivity index (χ0v) is 12.4. The summed E-state index contributed by atoms with van der Waals surface area (Å²) in [6.07, 6.45) is 3.02. The first-order valence-electron chi connectivity index (χ1n) is 6.76. The van der Waals surface area contributed by atoms with Gasteiger partial charge in [0.15, 0.2) is 0 Å². The van der Waals surface area contributed by atoms with E-state index < -0.39 is 0 Å². The first kappa shape index (κ1) is 17.7. The Balaban J connectivity index is 0.00000289. The molecular weight excluding hydrogens is 252 g/mol. The maximum atomic E-state index is 11.7. The molecule has 5 heteroatoms. The standard InChI is InChI=1S/C13H26N2O2.ClH/c1-11(2)10-17-8-4-7-15-13(16)12-5-3-6-14-9-12;/h11-12,14H,3-10H2,1-2H3,(H,15,16);1H. The SMILES string of the molecule is CC(C)COCCCNC(=O)C1CCCNC1.Cl. The zero-order chi connectivity index (χ0) is 12.5. The van der Waals surface area contributed by atoms with E-state index in [2.05, 4.69) is 24.5 Å². The van der Waals surface area contributed by atoms with Crippen LogP contribution >= 0.6 is 12.4 Å². The highest BCUT2D eigenvalue weighted by atomic mass is 35.5. The molecule has 1 heterocycles. The maximum absolute atomic E-state index is 11.7. The van der Waals surface area contributed by atoms with Crippen molar-refractivity contribution in [3.8, 4) is 0 Å². The molecule has 0 aliphatic carbocycles. The molecule has 1 aliphatic rings. The molecule has 18 heavy (non-hydrogen) atoms. The van der Waals surface area contributed by atoms with Gasteiger partial charge in [0.05, 0.1) is 5.92 Å². The number of hydrogen-bond acceptors (Lipinski definition) is 3. The maximum Gasteiger partial charge on any atom is 0.224 e. The molecule has 0 saturated carbocycles. The van der Waals surface area contributed by atoms with E-state index in [0.717, 1.165) is 52.1 Å². The Morgan fingerprint density at radius 1 is 1.50 bits per heavy atom. The Bertz CT molecular complexity index is 219. The minimum atomic E-state index is 0. The van der Waals surface area contributed by atoms with Gasteiger partial charge in [0.2, 0.25) is 5.91 Å². The van der Waals surface area contributed by atoms with Crippen molar-refractivity contribution in [1.82, 2.24) is 10.6 Å². The van der Waals surface area contributed by atoms with Gasteiger partial charge in [-0.3, -0.25) is 4.79 Å². The summed E-state index contributed by atoms with van der Waals surface area (Å²) in [5.74, 6) is 0.944. The van der Waals surface area contributed by atoms with Gasteiger partial charge in [-0.25, -0.2) is 0 Å². The van der Waals surface area contributed by atoms with Crippen molar-refractivity contribution in [3.05, 3.63) is 0 Å². The van der Waals surface area contributed by atoms with E-state index in [4.69, 9.17) is 4.74 Å². The summed E-state index contributed by atoms with van der Waals surface area (Å²) < 4.78 is 5.46. The van der Waals surface area contributed by atoms with Gasteiger partial charge >= 0.3 is 0 Å². The first-order chi connectivity index (χ1) is 8.20. The molecule has 1 unspecified atom stereocenters. The Hall–Kier alpha value is -0.320. The lowest BCUT2D eigenvalue weighted by molar-refractivity contribution is -0.125. The molecule has 0 aromatic rings. The highest BCUT2D eigenvalue weighted by Crippen LogP contribution is 2.09. The Morgan fingerprint density at radius 2 is 2.28 bits per heavy atom. The number of nitrogens with one attached hydrogen (secondary N) is 2. The van der Waals surface area contributed by atoms with E-state index in [-0.39, 0.29) is 24.2 Å². The molecule has 108 valence electrons. The van der Waals surface area contributed by atoms with Crippen molar-refractivity contribution in [2.75, 3.05) is 32.8 Å². The quantitative estimate of drug-likeness (QED) is 0.696. The number of amides is 1. The van der Waals surface area contributed by atoms with Crippen molar-refractivity contribution in [2.45, 2.75) is 33.1 Å². The van der Waals surface area contributed by atoms with Crippen LogP contribution in [0.15, 0.2) is 0 Å². The fourth-order valence-corrected chi connectivity index (χ4v) is 1.92. The number of carbonyl (C=O) groups excluding carboxylic acids is 1. The molecule has 1 fully saturated rings. The second-order valence-corrected chi connectivity index (χ2v) is 5.16. The van der Waals surface area contributed by atoms with E-state index in [1.165, 1.54) is 0 Å². The molecule has 4 nitrogen and oxygen atoms in total. The summed E-state index contributed by atoms with van der Waals surface area (Å²) in [5.41, 5.74) is 0. The van der Waals surface area contributed by atoms with Gasteiger partial charge in [-0.2, -0.15) is 0 Å². The first-order valence-corrected chi connectivity index (χ1v) is 6.76. The third kappa shape index (κ3) is 7.90. The van der Waals surface area contributed by atoms with Crippen molar-refractivity contribution in [2.24, 2.45) is 11.8 Å². The Morgan fingerprint density at radius 3 is 2.89 bits per heavy atom. The molecule has 1 aliphatic heterocycles. The van der Waals surface area contributed by atoms with Crippen LogP contribution < -0.4 is 10.6 Å². The van der Waals surface area contributed by atoms with Crippen molar-refractivity contribution in [3.63, 3.8) is 0 Å². The van der Waals surface area contributed by atoms with Gasteiger partial charge in [-0.15, -0.1) is 12.4 Å². The lowest BCUT2D eigenvalue weighted by atomic mass is 9.99. The van der Waals surface area contributed by atoms with Crippen LogP contribution in [0.3, 0.4) is 0 Å². The topological polar surface area (TPSA) is 50.4 Å². The molecule has 1 atom stereocenters. The van der Waals surface area contributed by atoms with Gasteiger partial charge in [0.25, 0.3) is 0 Å². The van der Waals surface area contributed by atoms with E-state index in [9.17, 15) is 4.79 Å². The van der Waals surface area contributed by atoms with Crippen LogP contribution in [0.2, 0.25) is 0 Å². The third-order valence-corrected chi connectivity index (χ3v) is 2.88. The highest BCUT2D eigenvalue weighted by Gasteiger charge is 2.19. The van der Waals surface area contributed by atoms with E-state index in [1.807, 2.05) is 0 Å². The van der Waals surface area contributed by atoms with Crippen LogP contribution in [0.1, 0.15) is 33.1 Å². The Kier molecular flexibility index (Phi) is 10.4. The monoisotopic (exact) mass is 278 g/mol. The molecule has 1 amide bonds.